The molecule has 134 valence electrons. The second-order valence-corrected chi connectivity index (χ2v) is 7.43. The maximum atomic E-state index is 12.4. The second-order valence-electron chi connectivity index (χ2n) is 7.43. The highest BCUT2D eigenvalue weighted by atomic mass is 16.2. The Morgan fingerprint density at radius 1 is 1.20 bits per heavy atom. The number of rotatable bonds is 3. The van der Waals surface area contributed by atoms with Crippen LogP contribution in [0.4, 0.5) is 10.6 Å². The third-order valence-corrected chi connectivity index (χ3v) is 5.70. The van der Waals surface area contributed by atoms with Crippen molar-refractivity contribution in [2.45, 2.75) is 25.8 Å². The van der Waals surface area contributed by atoms with Crippen LogP contribution in [-0.2, 0) is 4.79 Å². The lowest BCUT2D eigenvalue weighted by Crippen LogP contribution is -2.47. The lowest BCUT2D eigenvalue weighted by Gasteiger charge is -2.31. The Bertz CT molecular complexity index is 644. The van der Waals surface area contributed by atoms with E-state index in [9.17, 15) is 9.59 Å². The fraction of sp³-hybridized carbons (Fsp3) is 0.611. The number of pyridine rings is 1. The van der Waals surface area contributed by atoms with E-state index in [-0.39, 0.29) is 17.9 Å². The molecule has 1 aliphatic carbocycles. The number of anilines is 1. The minimum atomic E-state index is -0.0586. The minimum absolute atomic E-state index is 0.000731. The van der Waals surface area contributed by atoms with E-state index in [4.69, 9.17) is 0 Å². The van der Waals surface area contributed by atoms with Crippen LogP contribution in [0.1, 0.15) is 18.4 Å². The summed E-state index contributed by atoms with van der Waals surface area (Å²) in [5, 5.41) is 9.36. The number of piperidine rings is 2. The van der Waals surface area contributed by atoms with Gasteiger partial charge in [0.25, 0.3) is 0 Å². The van der Waals surface area contributed by atoms with Crippen molar-refractivity contribution in [3.63, 3.8) is 0 Å². The molecule has 1 aromatic heterocycles. The summed E-state index contributed by atoms with van der Waals surface area (Å²) in [6.07, 6.45) is 3.14. The van der Waals surface area contributed by atoms with Crippen molar-refractivity contribution in [3.05, 3.63) is 23.9 Å². The van der Waals surface area contributed by atoms with Crippen LogP contribution in [0.2, 0.25) is 0 Å². The number of hydrogen-bond acceptors (Lipinski definition) is 4. The molecular formula is C18H25N5O2. The van der Waals surface area contributed by atoms with Gasteiger partial charge in [-0.3, -0.25) is 4.79 Å². The molecule has 0 aromatic carbocycles. The quantitative estimate of drug-likeness (QED) is 0.763. The van der Waals surface area contributed by atoms with E-state index >= 15 is 0 Å². The van der Waals surface area contributed by atoms with E-state index in [1.54, 1.807) is 6.20 Å². The van der Waals surface area contributed by atoms with Gasteiger partial charge in [-0.05, 0) is 43.2 Å². The molecule has 25 heavy (non-hydrogen) atoms. The van der Waals surface area contributed by atoms with Gasteiger partial charge < -0.3 is 20.9 Å². The second kappa shape index (κ2) is 6.63. The average molecular weight is 343 g/mol. The number of nitrogens with one attached hydrogen (secondary N) is 3. The van der Waals surface area contributed by atoms with Gasteiger partial charge in [0.2, 0.25) is 5.91 Å². The van der Waals surface area contributed by atoms with Gasteiger partial charge in [0.1, 0.15) is 5.82 Å². The molecule has 1 unspecified atom stereocenters. The van der Waals surface area contributed by atoms with Gasteiger partial charge in [-0.15, -0.1) is 0 Å². The third-order valence-electron chi connectivity index (χ3n) is 5.70. The maximum absolute atomic E-state index is 12.4. The largest absolute Gasteiger partial charge is 0.335 e. The van der Waals surface area contributed by atoms with Crippen LogP contribution in [-0.4, -0.2) is 54.0 Å². The lowest BCUT2D eigenvalue weighted by molar-refractivity contribution is -0.121. The summed E-state index contributed by atoms with van der Waals surface area (Å²) in [6, 6.07) is 4.12. The van der Waals surface area contributed by atoms with Gasteiger partial charge in [0, 0.05) is 44.3 Å². The summed E-state index contributed by atoms with van der Waals surface area (Å²) >= 11 is 0. The molecular weight excluding hydrogens is 318 g/mol. The number of aryl methyl sites for hydroxylation is 1. The van der Waals surface area contributed by atoms with E-state index in [0.29, 0.717) is 49.6 Å². The molecule has 0 spiro atoms. The van der Waals surface area contributed by atoms with Gasteiger partial charge in [-0.2, -0.15) is 0 Å². The zero-order chi connectivity index (χ0) is 17.4. The van der Waals surface area contributed by atoms with Crippen molar-refractivity contribution in [2.24, 2.45) is 17.8 Å². The molecule has 0 bridgehead atoms. The lowest BCUT2D eigenvalue weighted by atomic mass is 9.96. The Balaban J connectivity index is 1.23. The molecule has 7 nitrogen and oxygen atoms in total. The summed E-state index contributed by atoms with van der Waals surface area (Å²) in [4.78, 5) is 30.8. The first kappa shape index (κ1) is 16.3. The Hall–Kier alpha value is -2.15. The van der Waals surface area contributed by atoms with Crippen LogP contribution in [0.15, 0.2) is 18.3 Å². The molecule has 3 amide bonds. The molecule has 1 aromatic rings. The number of aromatic nitrogens is 1. The highest BCUT2D eigenvalue weighted by Gasteiger charge is 2.54. The van der Waals surface area contributed by atoms with Gasteiger partial charge in [0.15, 0.2) is 0 Å². The van der Waals surface area contributed by atoms with Gasteiger partial charge in [0.05, 0.1) is 0 Å². The van der Waals surface area contributed by atoms with E-state index < -0.39 is 0 Å². The maximum Gasteiger partial charge on any atom is 0.317 e. The summed E-state index contributed by atoms with van der Waals surface area (Å²) in [6.45, 7) is 5.26. The van der Waals surface area contributed by atoms with Crippen molar-refractivity contribution < 1.29 is 9.59 Å². The van der Waals surface area contributed by atoms with Gasteiger partial charge >= 0.3 is 6.03 Å². The Kier molecular flexibility index (Phi) is 4.33. The van der Waals surface area contributed by atoms with E-state index in [2.05, 4.69) is 20.9 Å². The topological polar surface area (TPSA) is 86.4 Å². The normalized spacial score (nSPS) is 28.4. The molecule has 1 saturated carbocycles. The Morgan fingerprint density at radius 3 is 2.56 bits per heavy atom. The first-order chi connectivity index (χ1) is 12.1. The smallest absolute Gasteiger partial charge is 0.317 e. The molecule has 2 aliphatic heterocycles. The fourth-order valence-electron chi connectivity index (χ4n) is 3.98. The summed E-state index contributed by atoms with van der Waals surface area (Å²) in [7, 11) is 0. The summed E-state index contributed by atoms with van der Waals surface area (Å²) < 4.78 is 0. The monoisotopic (exact) mass is 343 g/mol. The van der Waals surface area contributed by atoms with Crippen LogP contribution in [0.3, 0.4) is 0 Å². The molecule has 3 aliphatic rings. The van der Waals surface area contributed by atoms with E-state index in [0.717, 1.165) is 18.7 Å². The van der Waals surface area contributed by atoms with Crippen LogP contribution < -0.4 is 16.0 Å². The van der Waals surface area contributed by atoms with Crippen molar-refractivity contribution in [1.82, 2.24) is 20.5 Å². The first-order valence-electron chi connectivity index (χ1n) is 9.11. The molecule has 0 radical (unpaired) electrons. The number of hydrogen-bond donors (Lipinski definition) is 3. The van der Waals surface area contributed by atoms with Crippen molar-refractivity contribution in [2.75, 3.05) is 31.5 Å². The third kappa shape index (κ3) is 3.46. The predicted octanol–water partition coefficient (Wildman–Crippen LogP) is 0.968. The van der Waals surface area contributed by atoms with E-state index in [1.165, 1.54) is 0 Å². The molecule has 3 N–H and O–H groups in total. The minimum Gasteiger partial charge on any atom is -0.335 e. The summed E-state index contributed by atoms with van der Waals surface area (Å²) in [5.74, 6) is 1.77. The zero-order valence-electron chi connectivity index (χ0n) is 14.5. The standard InChI is InChI=1S/C18H25N5O2/c1-11-2-3-15(20-8-11)21-17(24)12-4-6-23(7-5-12)18(25)22-16-13-9-19-10-14(13)16/h2-3,8,12-14,16,19H,4-7,9-10H2,1H3,(H,22,25)(H,20,21,24)/t13-,14+,16?. The van der Waals surface area contributed by atoms with Gasteiger partial charge in [-0.25, -0.2) is 9.78 Å². The highest BCUT2D eigenvalue weighted by Crippen LogP contribution is 2.41. The SMILES string of the molecule is Cc1ccc(NC(=O)C2CCN(C(=O)NC3[C@H]4CNC[C@@H]34)CC2)nc1. The summed E-state index contributed by atoms with van der Waals surface area (Å²) in [5.41, 5.74) is 1.06. The number of carbonyl (C=O) groups excluding carboxylic acids is 2. The van der Waals surface area contributed by atoms with Crippen LogP contribution in [0, 0.1) is 24.7 Å². The van der Waals surface area contributed by atoms with Crippen molar-refractivity contribution >= 4 is 17.8 Å². The molecule has 7 heteroatoms. The number of carbonyl (C=O) groups is 2. The molecule has 4 rings (SSSR count). The fourth-order valence-corrected chi connectivity index (χ4v) is 3.98. The van der Waals surface area contributed by atoms with Crippen molar-refractivity contribution in [1.29, 1.82) is 0 Å². The Labute approximate surface area is 147 Å². The molecule has 2 saturated heterocycles. The average Bonchev–Trinajstić information content (AvgIpc) is 3.05. The number of nitrogens with zero attached hydrogens (tertiary/aromatic N) is 2. The predicted molar refractivity (Wildman–Crippen MR) is 94.1 cm³/mol. The highest BCUT2D eigenvalue weighted by molar-refractivity contribution is 5.91. The first-order valence-corrected chi connectivity index (χ1v) is 9.11. The number of likely N-dealkylation sites (tertiary alicyclic amines) is 1. The zero-order valence-corrected chi connectivity index (χ0v) is 14.5. The molecule has 3 heterocycles. The number of urea groups is 1. The number of fused-ring (bicyclic) bond motifs is 1. The Morgan fingerprint density at radius 2 is 1.92 bits per heavy atom. The van der Waals surface area contributed by atoms with Crippen LogP contribution in [0.25, 0.3) is 0 Å². The number of amides is 3. The molecule has 3 fully saturated rings. The van der Waals surface area contributed by atoms with Gasteiger partial charge in [-0.1, -0.05) is 6.07 Å². The van der Waals surface area contributed by atoms with Crippen LogP contribution in [0.5, 0.6) is 0 Å². The van der Waals surface area contributed by atoms with Crippen molar-refractivity contribution in [3.8, 4) is 0 Å². The molecule has 3 atom stereocenters. The van der Waals surface area contributed by atoms with Crippen LogP contribution >= 0.6 is 0 Å². The van der Waals surface area contributed by atoms with E-state index in [1.807, 2.05) is 24.0 Å².